The fraction of sp³-hybridized carbons (Fsp3) is 0.588. The van der Waals surface area contributed by atoms with Crippen LogP contribution in [0, 0.1) is 6.92 Å². The van der Waals surface area contributed by atoms with Gasteiger partial charge in [-0.3, -0.25) is 4.99 Å². The van der Waals surface area contributed by atoms with Gasteiger partial charge >= 0.3 is 0 Å². The van der Waals surface area contributed by atoms with Gasteiger partial charge in [0.2, 0.25) is 0 Å². The smallest absolute Gasteiger partial charge is 0.193 e. The second kappa shape index (κ2) is 9.92. The van der Waals surface area contributed by atoms with Gasteiger partial charge in [-0.05, 0) is 50.3 Å². The number of nitrogens with one attached hydrogen (secondary N) is 1. The number of benzene rings is 1. The summed E-state index contributed by atoms with van der Waals surface area (Å²) in [5.74, 6) is 2.03. The lowest BCUT2D eigenvalue weighted by atomic mass is 10.1. The van der Waals surface area contributed by atoms with E-state index >= 15 is 0 Å². The van der Waals surface area contributed by atoms with E-state index in [9.17, 15) is 0 Å². The average Bonchev–Trinajstić information content (AvgIpc) is 3.02. The lowest BCUT2D eigenvalue weighted by Crippen LogP contribution is -2.39. The van der Waals surface area contributed by atoms with Crippen LogP contribution in [0.5, 0.6) is 5.75 Å². The second-order valence-electron chi connectivity index (χ2n) is 5.48. The van der Waals surface area contributed by atoms with Crippen LogP contribution < -0.4 is 10.1 Å². The summed E-state index contributed by atoms with van der Waals surface area (Å²) in [4.78, 5) is 7.12. The maximum atomic E-state index is 5.38. The lowest BCUT2D eigenvalue weighted by Gasteiger charge is -2.20. The summed E-state index contributed by atoms with van der Waals surface area (Å²) in [6.07, 6.45) is 3.50. The molecule has 0 unspecified atom stereocenters. The number of rotatable bonds is 5. The van der Waals surface area contributed by atoms with E-state index < -0.39 is 0 Å². The summed E-state index contributed by atoms with van der Waals surface area (Å²) in [5.41, 5.74) is 2.45. The Morgan fingerprint density at radius 2 is 2.05 bits per heavy atom. The Hall–Kier alpha value is -0.980. The van der Waals surface area contributed by atoms with Crippen molar-refractivity contribution in [2.45, 2.75) is 33.1 Å². The third kappa shape index (κ3) is 5.34. The number of likely N-dealkylation sites (tertiary alicyclic amines) is 1. The first-order chi connectivity index (χ1) is 10.2. The molecule has 0 aromatic heterocycles. The van der Waals surface area contributed by atoms with Crippen molar-refractivity contribution in [3.05, 3.63) is 29.3 Å². The number of aliphatic imine (C=N–C) groups is 1. The Morgan fingerprint density at radius 1 is 1.32 bits per heavy atom. The van der Waals surface area contributed by atoms with Crippen LogP contribution >= 0.6 is 24.0 Å². The molecule has 0 saturated carbocycles. The topological polar surface area (TPSA) is 36.9 Å². The van der Waals surface area contributed by atoms with Gasteiger partial charge < -0.3 is 15.0 Å². The molecule has 5 heteroatoms. The van der Waals surface area contributed by atoms with Gasteiger partial charge in [0, 0.05) is 26.2 Å². The van der Waals surface area contributed by atoms with E-state index in [4.69, 9.17) is 9.73 Å². The number of hydrogen-bond acceptors (Lipinski definition) is 2. The highest BCUT2D eigenvalue weighted by Crippen LogP contribution is 2.19. The van der Waals surface area contributed by atoms with Gasteiger partial charge in [-0.1, -0.05) is 12.1 Å². The van der Waals surface area contributed by atoms with Gasteiger partial charge in [-0.15, -0.1) is 24.0 Å². The molecule has 1 N–H and O–H groups in total. The van der Waals surface area contributed by atoms with E-state index in [-0.39, 0.29) is 24.0 Å². The molecular weight excluding hydrogens is 389 g/mol. The Bertz CT molecular complexity index is 485. The van der Waals surface area contributed by atoms with Crippen molar-refractivity contribution in [1.29, 1.82) is 0 Å². The Morgan fingerprint density at radius 3 is 2.68 bits per heavy atom. The third-order valence-corrected chi connectivity index (χ3v) is 3.88. The molecule has 1 aliphatic heterocycles. The first-order valence-corrected chi connectivity index (χ1v) is 7.91. The molecule has 0 bridgehead atoms. The lowest BCUT2D eigenvalue weighted by molar-refractivity contribution is 0.411. The summed E-state index contributed by atoms with van der Waals surface area (Å²) in [5, 5.41) is 3.39. The number of ether oxygens (including phenoxy) is 1. The summed E-state index contributed by atoms with van der Waals surface area (Å²) in [6, 6.07) is 6.40. The number of methoxy groups -OCH3 is 1. The van der Waals surface area contributed by atoms with Crippen LogP contribution in [0.15, 0.2) is 23.2 Å². The highest BCUT2D eigenvalue weighted by atomic mass is 127. The van der Waals surface area contributed by atoms with Crippen molar-refractivity contribution >= 4 is 29.9 Å². The SMILES string of the molecule is CCNC(=NCCc1ccc(C)c(OC)c1)N1CCCC1.I. The molecule has 0 aliphatic carbocycles. The fourth-order valence-electron chi connectivity index (χ4n) is 2.67. The van der Waals surface area contributed by atoms with Gasteiger partial charge in [0.25, 0.3) is 0 Å². The van der Waals surface area contributed by atoms with Crippen molar-refractivity contribution in [2.24, 2.45) is 4.99 Å². The minimum Gasteiger partial charge on any atom is -0.496 e. The number of nitrogens with zero attached hydrogens (tertiary/aromatic N) is 2. The number of aryl methyl sites for hydroxylation is 1. The van der Waals surface area contributed by atoms with Crippen LogP contribution in [0.1, 0.15) is 30.9 Å². The summed E-state index contributed by atoms with van der Waals surface area (Å²) >= 11 is 0. The van der Waals surface area contributed by atoms with Crippen LogP contribution in [-0.4, -0.2) is 44.1 Å². The molecule has 1 saturated heterocycles. The molecule has 4 nitrogen and oxygen atoms in total. The van der Waals surface area contributed by atoms with Crippen molar-refractivity contribution < 1.29 is 4.74 Å². The monoisotopic (exact) mass is 417 g/mol. The second-order valence-corrected chi connectivity index (χ2v) is 5.48. The molecule has 0 amide bonds. The molecule has 124 valence electrons. The van der Waals surface area contributed by atoms with E-state index in [1.807, 2.05) is 0 Å². The minimum atomic E-state index is 0. The first kappa shape index (κ1) is 19.1. The quantitative estimate of drug-likeness (QED) is 0.454. The Labute approximate surface area is 151 Å². The molecule has 0 atom stereocenters. The highest BCUT2D eigenvalue weighted by Gasteiger charge is 2.15. The molecule has 1 aromatic carbocycles. The first-order valence-electron chi connectivity index (χ1n) is 7.91. The maximum absolute atomic E-state index is 5.38. The normalized spacial score (nSPS) is 14.7. The summed E-state index contributed by atoms with van der Waals surface area (Å²) in [7, 11) is 1.72. The van der Waals surface area contributed by atoms with Gasteiger partial charge in [0.1, 0.15) is 5.75 Å². The Balaban J connectivity index is 0.00000242. The van der Waals surface area contributed by atoms with Crippen LogP contribution in [0.2, 0.25) is 0 Å². The number of hydrogen-bond donors (Lipinski definition) is 1. The fourth-order valence-corrected chi connectivity index (χ4v) is 2.67. The molecule has 1 aliphatic rings. The van der Waals surface area contributed by atoms with Gasteiger partial charge in [-0.25, -0.2) is 0 Å². The zero-order chi connectivity index (χ0) is 15.1. The van der Waals surface area contributed by atoms with E-state index in [0.717, 1.165) is 44.3 Å². The van der Waals surface area contributed by atoms with Crippen molar-refractivity contribution in [3.8, 4) is 5.75 Å². The predicted octanol–water partition coefficient (Wildman–Crippen LogP) is 3.23. The van der Waals surface area contributed by atoms with Crippen molar-refractivity contribution in [2.75, 3.05) is 33.3 Å². The summed E-state index contributed by atoms with van der Waals surface area (Å²) in [6.45, 7) is 8.18. The van der Waals surface area contributed by atoms with Gasteiger partial charge in [-0.2, -0.15) is 0 Å². The van der Waals surface area contributed by atoms with Crippen LogP contribution in [0.25, 0.3) is 0 Å². The predicted molar refractivity (Wildman–Crippen MR) is 104 cm³/mol. The molecule has 1 fully saturated rings. The van der Waals surface area contributed by atoms with E-state index in [1.165, 1.54) is 24.0 Å². The van der Waals surface area contributed by atoms with Crippen molar-refractivity contribution in [1.82, 2.24) is 10.2 Å². The maximum Gasteiger partial charge on any atom is 0.193 e. The van der Waals surface area contributed by atoms with Crippen LogP contribution in [0.4, 0.5) is 0 Å². The molecule has 1 heterocycles. The molecule has 1 aromatic rings. The zero-order valence-electron chi connectivity index (χ0n) is 13.9. The highest BCUT2D eigenvalue weighted by molar-refractivity contribution is 14.0. The van der Waals surface area contributed by atoms with Crippen LogP contribution in [0.3, 0.4) is 0 Å². The molecular formula is C17H28IN3O. The van der Waals surface area contributed by atoms with E-state index in [1.54, 1.807) is 7.11 Å². The molecule has 0 radical (unpaired) electrons. The standard InChI is InChI=1S/C17H27N3O.HI/c1-4-18-17(20-11-5-6-12-20)19-10-9-15-8-7-14(2)16(13-15)21-3;/h7-8,13H,4-6,9-12H2,1-3H3,(H,18,19);1H. The zero-order valence-corrected chi connectivity index (χ0v) is 16.2. The minimum absolute atomic E-state index is 0. The van der Waals surface area contributed by atoms with Gasteiger partial charge in [0.15, 0.2) is 5.96 Å². The Kier molecular flexibility index (Phi) is 8.60. The molecule has 0 spiro atoms. The van der Waals surface area contributed by atoms with Crippen LogP contribution in [-0.2, 0) is 6.42 Å². The van der Waals surface area contributed by atoms with E-state index in [0.29, 0.717) is 0 Å². The number of halogens is 1. The third-order valence-electron chi connectivity index (χ3n) is 3.88. The summed E-state index contributed by atoms with van der Waals surface area (Å²) < 4.78 is 5.38. The average molecular weight is 417 g/mol. The molecule has 2 rings (SSSR count). The van der Waals surface area contributed by atoms with E-state index in [2.05, 4.69) is 42.3 Å². The molecule has 22 heavy (non-hydrogen) atoms. The number of guanidine groups is 1. The van der Waals surface area contributed by atoms with Crippen molar-refractivity contribution in [3.63, 3.8) is 0 Å². The largest absolute Gasteiger partial charge is 0.496 e. The van der Waals surface area contributed by atoms with Gasteiger partial charge in [0.05, 0.1) is 7.11 Å².